The normalized spacial score (nSPS) is 11.0. The Bertz CT molecular complexity index is 460. The van der Waals surface area contributed by atoms with Gasteiger partial charge in [-0.25, -0.2) is 0 Å². The Morgan fingerprint density at radius 1 is 1.50 bits per heavy atom. The summed E-state index contributed by atoms with van der Waals surface area (Å²) in [6.07, 6.45) is 3.50. The van der Waals surface area contributed by atoms with E-state index in [1.165, 1.54) is 0 Å². The van der Waals surface area contributed by atoms with Crippen LogP contribution in [-0.2, 0) is 6.42 Å². The Labute approximate surface area is 87.1 Å². The number of fused-ring (bicyclic) bond motifs is 1. The smallest absolute Gasteiger partial charge is 0.145 e. The number of hydrogen-bond donors (Lipinski definition) is 1. The summed E-state index contributed by atoms with van der Waals surface area (Å²) in [7, 11) is 0. The Hall–Kier alpha value is -1.15. The first-order valence-corrected chi connectivity index (χ1v) is 4.99. The van der Waals surface area contributed by atoms with Crippen LogP contribution in [0.2, 0.25) is 5.02 Å². The number of phenolic OH excluding ortho intramolecular Hbond substituents is 1. The summed E-state index contributed by atoms with van der Waals surface area (Å²) in [5, 5.41) is 10.7. The summed E-state index contributed by atoms with van der Waals surface area (Å²) in [5.41, 5.74) is 1.80. The molecule has 0 bridgehead atoms. The van der Waals surface area contributed by atoms with Gasteiger partial charge >= 0.3 is 0 Å². The van der Waals surface area contributed by atoms with Crippen molar-refractivity contribution in [1.82, 2.24) is 0 Å². The molecule has 0 atom stereocenters. The lowest BCUT2D eigenvalue weighted by Crippen LogP contribution is -1.84. The van der Waals surface area contributed by atoms with Gasteiger partial charge in [-0.15, -0.1) is 0 Å². The number of aryl methyl sites for hydroxylation is 1. The second-order valence-corrected chi connectivity index (χ2v) is 3.69. The molecule has 0 unspecified atom stereocenters. The first kappa shape index (κ1) is 9.41. The number of aromatic hydroxyl groups is 1. The van der Waals surface area contributed by atoms with Crippen LogP contribution in [0.1, 0.15) is 18.9 Å². The largest absolute Gasteiger partial charge is 0.506 e. The van der Waals surface area contributed by atoms with Crippen molar-refractivity contribution in [2.75, 3.05) is 0 Å². The van der Waals surface area contributed by atoms with Gasteiger partial charge in [0.05, 0.1) is 16.7 Å². The van der Waals surface area contributed by atoms with Crippen LogP contribution in [0, 0.1) is 0 Å². The average molecular weight is 211 g/mol. The van der Waals surface area contributed by atoms with E-state index in [1.54, 1.807) is 18.4 Å². The summed E-state index contributed by atoms with van der Waals surface area (Å²) in [4.78, 5) is 0. The fourth-order valence-corrected chi connectivity index (χ4v) is 1.85. The Morgan fingerprint density at radius 2 is 2.29 bits per heavy atom. The lowest BCUT2D eigenvalue weighted by Gasteiger charge is -2.03. The number of phenols is 1. The lowest BCUT2D eigenvalue weighted by atomic mass is 10.1. The van der Waals surface area contributed by atoms with E-state index in [9.17, 15) is 5.11 Å². The van der Waals surface area contributed by atoms with E-state index < -0.39 is 0 Å². The zero-order valence-corrected chi connectivity index (χ0v) is 8.64. The van der Waals surface area contributed by atoms with Crippen LogP contribution >= 0.6 is 11.6 Å². The highest BCUT2D eigenvalue weighted by Gasteiger charge is 2.11. The number of benzene rings is 1. The van der Waals surface area contributed by atoms with Crippen LogP contribution in [0.25, 0.3) is 11.0 Å². The maximum Gasteiger partial charge on any atom is 0.145 e. The molecule has 0 radical (unpaired) electrons. The molecular formula is C11H11ClO2. The lowest BCUT2D eigenvalue weighted by molar-refractivity contribution is 0.481. The van der Waals surface area contributed by atoms with Crippen LogP contribution < -0.4 is 0 Å². The van der Waals surface area contributed by atoms with Crippen molar-refractivity contribution in [2.24, 2.45) is 0 Å². The molecule has 1 N–H and O–H groups in total. The second-order valence-electron chi connectivity index (χ2n) is 3.28. The van der Waals surface area contributed by atoms with Crippen LogP contribution in [0.3, 0.4) is 0 Å². The first-order valence-electron chi connectivity index (χ1n) is 4.61. The highest BCUT2D eigenvalue weighted by atomic mass is 35.5. The van der Waals surface area contributed by atoms with Gasteiger partial charge in [0.1, 0.15) is 11.3 Å². The van der Waals surface area contributed by atoms with Gasteiger partial charge in [-0.2, -0.15) is 0 Å². The van der Waals surface area contributed by atoms with Gasteiger partial charge in [0.15, 0.2) is 0 Å². The molecule has 2 rings (SSSR count). The zero-order valence-electron chi connectivity index (χ0n) is 7.88. The third-order valence-electron chi connectivity index (χ3n) is 2.26. The van der Waals surface area contributed by atoms with E-state index in [1.807, 2.05) is 0 Å². The number of rotatable bonds is 2. The average Bonchev–Trinajstić information content (AvgIpc) is 2.63. The fourth-order valence-electron chi connectivity index (χ4n) is 1.61. The molecular weight excluding hydrogens is 200 g/mol. The van der Waals surface area contributed by atoms with Crippen molar-refractivity contribution in [1.29, 1.82) is 0 Å². The highest BCUT2D eigenvalue weighted by Crippen LogP contribution is 2.35. The van der Waals surface area contributed by atoms with Gasteiger partial charge < -0.3 is 9.52 Å². The van der Waals surface area contributed by atoms with Crippen LogP contribution in [0.15, 0.2) is 22.8 Å². The predicted octanol–water partition coefficient (Wildman–Crippen LogP) is 3.74. The van der Waals surface area contributed by atoms with E-state index >= 15 is 0 Å². The van der Waals surface area contributed by atoms with Crippen molar-refractivity contribution < 1.29 is 9.52 Å². The van der Waals surface area contributed by atoms with Gasteiger partial charge in [0.25, 0.3) is 0 Å². The summed E-state index contributed by atoms with van der Waals surface area (Å²) in [6.45, 7) is 2.09. The molecule has 74 valence electrons. The maximum absolute atomic E-state index is 9.65. The van der Waals surface area contributed by atoms with E-state index in [0.29, 0.717) is 10.4 Å². The van der Waals surface area contributed by atoms with E-state index in [-0.39, 0.29) is 5.75 Å². The highest BCUT2D eigenvalue weighted by molar-refractivity contribution is 6.33. The van der Waals surface area contributed by atoms with Gasteiger partial charge in [-0.05, 0) is 24.1 Å². The molecule has 0 aliphatic carbocycles. The Balaban J connectivity index is 2.71. The van der Waals surface area contributed by atoms with Crippen molar-refractivity contribution in [3.05, 3.63) is 29.0 Å². The minimum Gasteiger partial charge on any atom is -0.506 e. The topological polar surface area (TPSA) is 33.4 Å². The molecule has 0 spiro atoms. The number of hydrogen-bond acceptors (Lipinski definition) is 2. The molecule has 0 amide bonds. The molecule has 1 aromatic heterocycles. The quantitative estimate of drug-likeness (QED) is 0.819. The van der Waals surface area contributed by atoms with Crippen molar-refractivity contribution in [3.63, 3.8) is 0 Å². The Kier molecular flexibility index (Phi) is 2.38. The Morgan fingerprint density at radius 3 is 3.00 bits per heavy atom. The van der Waals surface area contributed by atoms with E-state index in [0.717, 1.165) is 24.0 Å². The second kappa shape index (κ2) is 3.54. The first-order chi connectivity index (χ1) is 6.74. The predicted molar refractivity (Wildman–Crippen MR) is 56.9 cm³/mol. The van der Waals surface area contributed by atoms with E-state index in [2.05, 4.69) is 6.92 Å². The summed E-state index contributed by atoms with van der Waals surface area (Å²) in [5.74, 6) is 0.107. The van der Waals surface area contributed by atoms with Gasteiger partial charge in [-0.3, -0.25) is 0 Å². The monoisotopic (exact) mass is 210 g/mol. The standard InChI is InChI=1S/C11H11ClO2/c1-2-3-7-6-9(12)10(13)8-4-5-14-11(7)8/h4-6,13H,2-3H2,1H3. The molecule has 2 nitrogen and oxygen atoms in total. The minimum atomic E-state index is 0.107. The SMILES string of the molecule is CCCc1cc(Cl)c(O)c2ccoc12. The molecule has 2 aromatic rings. The molecule has 0 fully saturated rings. The number of halogens is 1. The fraction of sp³-hybridized carbons (Fsp3) is 0.273. The molecule has 0 aliphatic heterocycles. The number of furan rings is 1. The van der Waals surface area contributed by atoms with Crippen molar-refractivity contribution in [3.8, 4) is 5.75 Å². The van der Waals surface area contributed by atoms with Gasteiger partial charge in [0, 0.05) is 0 Å². The molecule has 1 aromatic carbocycles. The molecule has 0 saturated carbocycles. The van der Waals surface area contributed by atoms with E-state index in [4.69, 9.17) is 16.0 Å². The van der Waals surface area contributed by atoms with Crippen molar-refractivity contribution in [2.45, 2.75) is 19.8 Å². The minimum absolute atomic E-state index is 0.107. The van der Waals surface area contributed by atoms with Crippen molar-refractivity contribution >= 4 is 22.6 Å². The summed E-state index contributed by atoms with van der Waals surface area (Å²) >= 11 is 5.89. The van der Waals surface area contributed by atoms with Crippen LogP contribution in [-0.4, -0.2) is 5.11 Å². The van der Waals surface area contributed by atoms with Crippen LogP contribution in [0.5, 0.6) is 5.75 Å². The molecule has 14 heavy (non-hydrogen) atoms. The van der Waals surface area contributed by atoms with Gasteiger partial charge in [0.2, 0.25) is 0 Å². The summed E-state index contributed by atoms with van der Waals surface area (Å²) in [6, 6.07) is 3.50. The molecule has 0 saturated heterocycles. The molecule has 1 heterocycles. The summed E-state index contributed by atoms with van der Waals surface area (Å²) < 4.78 is 5.32. The maximum atomic E-state index is 9.65. The molecule has 3 heteroatoms. The van der Waals surface area contributed by atoms with Crippen LogP contribution in [0.4, 0.5) is 0 Å². The third-order valence-corrected chi connectivity index (χ3v) is 2.55. The third kappa shape index (κ3) is 1.36. The van der Waals surface area contributed by atoms with Gasteiger partial charge in [-0.1, -0.05) is 24.9 Å². The molecule has 0 aliphatic rings. The zero-order chi connectivity index (χ0) is 10.1.